The van der Waals surface area contributed by atoms with Gasteiger partial charge in [-0.25, -0.2) is 9.59 Å². The molecule has 10 heteroatoms. The largest absolute Gasteiger partial charge is 0.465 e. The van der Waals surface area contributed by atoms with E-state index in [1.807, 2.05) is 13.8 Å². The summed E-state index contributed by atoms with van der Waals surface area (Å²) in [7, 11) is 1.28. The van der Waals surface area contributed by atoms with Gasteiger partial charge in [0.25, 0.3) is 0 Å². The van der Waals surface area contributed by atoms with Crippen LogP contribution in [0.4, 0.5) is 10.5 Å². The number of esters is 1. The minimum atomic E-state index is -0.556. The maximum Gasteiger partial charge on any atom is 0.339 e. The summed E-state index contributed by atoms with van der Waals surface area (Å²) in [6.45, 7) is 6.83. The van der Waals surface area contributed by atoms with E-state index in [1.165, 1.54) is 14.0 Å². The maximum atomic E-state index is 12.2. The topological polar surface area (TPSA) is 139 Å². The fraction of sp³-hybridized carbons (Fsp3) is 0.318. The number of amides is 2. The Morgan fingerprint density at radius 1 is 1.25 bits per heavy atom. The van der Waals surface area contributed by atoms with E-state index >= 15 is 0 Å². The number of ketones is 1. The number of Topliss-reactive ketones (excluding diaryl/α,β-unsaturated/α-hetero) is 1. The molecule has 3 N–H and O–H groups in total. The van der Waals surface area contributed by atoms with Gasteiger partial charge in [-0.3, -0.25) is 4.79 Å². The third-order valence-corrected chi connectivity index (χ3v) is 4.66. The van der Waals surface area contributed by atoms with Gasteiger partial charge in [0.1, 0.15) is 0 Å². The second kappa shape index (κ2) is 9.46. The molecule has 0 radical (unpaired) electrons. The van der Waals surface area contributed by atoms with Gasteiger partial charge in [-0.05, 0) is 38.5 Å². The second-order valence-corrected chi connectivity index (χ2v) is 7.55. The van der Waals surface area contributed by atoms with Gasteiger partial charge in [-0.2, -0.15) is 4.98 Å². The molecular formula is C22H25N5O5. The van der Waals surface area contributed by atoms with Crippen LogP contribution in [-0.2, 0) is 11.2 Å². The molecule has 1 aromatic carbocycles. The van der Waals surface area contributed by atoms with E-state index in [2.05, 4.69) is 25.8 Å². The zero-order valence-electron chi connectivity index (χ0n) is 18.5. The fourth-order valence-electron chi connectivity index (χ4n) is 3.28. The molecule has 0 aliphatic carbocycles. The molecule has 3 aromatic rings. The van der Waals surface area contributed by atoms with Crippen molar-refractivity contribution < 1.29 is 23.6 Å². The van der Waals surface area contributed by atoms with Crippen LogP contribution in [0.15, 0.2) is 28.8 Å². The zero-order chi connectivity index (χ0) is 23.4. The molecule has 0 unspecified atom stereocenters. The number of aromatic amines is 1. The molecular weight excluding hydrogens is 414 g/mol. The molecule has 0 aliphatic heterocycles. The van der Waals surface area contributed by atoms with E-state index in [4.69, 9.17) is 9.26 Å². The molecule has 0 saturated carbocycles. The van der Waals surface area contributed by atoms with Gasteiger partial charge in [-0.1, -0.05) is 17.3 Å². The Hall–Kier alpha value is -3.95. The normalized spacial score (nSPS) is 10.8. The summed E-state index contributed by atoms with van der Waals surface area (Å²) in [5.74, 6) is -0.185. The standard InChI is InChI=1S/C22H25N5O5/c1-11(2)23-22(30)24-15-8-6-7-14(9-15)20-26-17(32-27-20)10-16-18(21(29)31-5)12(3)19(25-16)13(4)28/h6-9,11,25H,10H2,1-5H3,(H2,23,24,30). The molecule has 0 saturated heterocycles. The maximum absolute atomic E-state index is 12.2. The number of H-pyrrole nitrogens is 1. The third kappa shape index (κ3) is 5.02. The molecule has 0 atom stereocenters. The van der Waals surface area contributed by atoms with Gasteiger partial charge in [0, 0.05) is 29.9 Å². The molecule has 0 fully saturated rings. The van der Waals surface area contributed by atoms with E-state index in [9.17, 15) is 14.4 Å². The van der Waals surface area contributed by atoms with Gasteiger partial charge in [0.15, 0.2) is 5.78 Å². The highest BCUT2D eigenvalue weighted by Crippen LogP contribution is 2.24. The smallest absolute Gasteiger partial charge is 0.339 e. The van der Waals surface area contributed by atoms with Gasteiger partial charge in [-0.15, -0.1) is 0 Å². The number of urea groups is 1. The summed E-state index contributed by atoms with van der Waals surface area (Å²) in [5, 5.41) is 9.50. The number of rotatable bonds is 7. The Labute approximate surface area is 184 Å². The number of benzene rings is 1. The Morgan fingerprint density at radius 3 is 2.66 bits per heavy atom. The number of nitrogens with one attached hydrogen (secondary N) is 3. The Morgan fingerprint density at radius 2 is 2.00 bits per heavy atom. The van der Waals surface area contributed by atoms with Crippen LogP contribution < -0.4 is 10.6 Å². The molecule has 2 heterocycles. The third-order valence-electron chi connectivity index (χ3n) is 4.66. The number of hydrogen-bond acceptors (Lipinski definition) is 7. The van der Waals surface area contributed by atoms with Crippen molar-refractivity contribution in [1.82, 2.24) is 20.4 Å². The molecule has 3 rings (SSSR count). The quantitative estimate of drug-likeness (QED) is 0.378. The van der Waals surface area contributed by atoms with E-state index in [-0.39, 0.29) is 35.7 Å². The van der Waals surface area contributed by atoms with E-state index < -0.39 is 5.97 Å². The molecule has 32 heavy (non-hydrogen) atoms. The first-order valence-corrected chi connectivity index (χ1v) is 10.0. The van der Waals surface area contributed by atoms with Crippen molar-refractivity contribution in [2.24, 2.45) is 0 Å². The Bertz CT molecular complexity index is 1160. The van der Waals surface area contributed by atoms with Crippen molar-refractivity contribution in [1.29, 1.82) is 0 Å². The predicted molar refractivity (Wildman–Crippen MR) is 117 cm³/mol. The number of methoxy groups -OCH3 is 1. The Kier molecular flexibility index (Phi) is 6.72. The number of nitrogens with zero attached hydrogens (tertiary/aromatic N) is 2. The fourth-order valence-corrected chi connectivity index (χ4v) is 3.28. The first-order chi connectivity index (χ1) is 15.2. The van der Waals surface area contributed by atoms with Gasteiger partial charge < -0.3 is 24.9 Å². The predicted octanol–water partition coefficient (Wildman–Crippen LogP) is 3.48. The second-order valence-electron chi connectivity index (χ2n) is 7.55. The minimum Gasteiger partial charge on any atom is -0.465 e. The molecule has 0 spiro atoms. The van der Waals surface area contributed by atoms with Gasteiger partial charge >= 0.3 is 12.0 Å². The number of anilines is 1. The number of hydrogen-bond donors (Lipinski definition) is 3. The molecule has 168 valence electrons. The highest BCUT2D eigenvalue weighted by Gasteiger charge is 2.24. The molecule has 0 bridgehead atoms. The summed E-state index contributed by atoms with van der Waals surface area (Å²) in [4.78, 5) is 43.4. The lowest BCUT2D eigenvalue weighted by molar-refractivity contribution is 0.0599. The summed E-state index contributed by atoms with van der Waals surface area (Å²) >= 11 is 0. The number of aromatic nitrogens is 3. The molecule has 0 aliphatic rings. The molecule has 2 amide bonds. The van der Waals surface area contributed by atoms with Gasteiger partial charge in [0.2, 0.25) is 11.7 Å². The van der Waals surface area contributed by atoms with E-state index in [0.717, 1.165) is 0 Å². The first-order valence-electron chi connectivity index (χ1n) is 10.0. The summed E-state index contributed by atoms with van der Waals surface area (Å²) in [5.41, 5.74) is 2.79. The van der Waals surface area contributed by atoms with Crippen LogP contribution in [0.25, 0.3) is 11.4 Å². The minimum absolute atomic E-state index is 0.00738. The van der Waals surface area contributed by atoms with Crippen molar-refractivity contribution >= 4 is 23.5 Å². The van der Waals surface area contributed by atoms with Crippen molar-refractivity contribution in [2.75, 3.05) is 12.4 Å². The average molecular weight is 439 g/mol. The van der Waals surface area contributed by atoms with Gasteiger partial charge in [0.05, 0.1) is 24.8 Å². The summed E-state index contributed by atoms with van der Waals surface area (Å²) in [6.07, 6.45) is 0.111. The average Bonchev–Trinajstić information content (AvgIpc) is 3.32. The number of carbonyl (C=O) groups is 3. The van der Waals surface area contributed by atoms with Crippen molar-refractivity contribution in [2.45, 2.75) is 40.2 Å². The van der Waals surface area contributed by atoms with Crippen molar-refractivity contribution in [3.8, 4) is 11.4 Å². The van der Waals surface area contributed by atoms with Crippen LogP contribution in [0.2, 0.25) is 0 Å². The molecule has 10 nitrogen and oxygen atoms in total. The molecule has 2 aromatic heterocycles. The van der Waals surface area contributed by atoms with Crippen LogP contribution in [0.5, 0.6) is 0 Å². The van der Waals surface area contributed by atoms with Crippen LogP contribution in [0.3, 0.4) is 0 Å². The van der Waals surface area contributed by atoms with Crippen molar-refractivity contribution in [3.05, 3.63) is 52.7 Å². The monoisotopic (exact) mass is 439 g/mol. The van der Waals surface area contributed by atoms with E-state index in [0.29, 0.717) is 34.0 Å². The number of carbonyl (C=O) groups excluding carboxylic acids is 3. The number of ether oxygens (including phenoxy) is 1. The van der Waals surface area contributed by atoms with Crippen LogP contribution in [-0.4, -0.2) is 46.1 Å². The zero-order valence-corrected chi connectivity index (χ0v) is 18.5. The Balaban J connectivity index is 1.84. The van der Waals surface area contributed by atoms with Crippen molar-refractivity contribution in [3.63, 3.8) is 0 Å². The van der Waals surface area contributed by atoms with E-state index in [1.54, 1.807) is 31.2 Å². The van der Waals surface area contributed by atoms with Crippen LogP contribution in [0, 0.1) is 6.92 Å². The lowest BCUT2D eigenvalue weighted by atomic mass is 10.1. The van der Waals surface area contributed by atoms with Crippen LogP contribution in [0.1, 0.15) is 58.8 Å². The lowest BCUT2D eigenvalue weighted by Crippen LogP contribution is -2.34. The summed E-state index contributed by atoms with van der Waals surface area (Å²) in [6, 6.07) is 6.71. The lowest BCUT2D eigenvalue weighted by Gasteiger charge is -2.10. The first kappa shape index (κ1) is 22.7. The highest BCUT2D eigenvalue weighted by molar-refractivity contribution is 6.00. The summed E-state index contributed by atoms with van der Waals surface area (Å²) < 4.78 is 10.2. The van der Waals surface area contributed by atoms with Crippen LogP contribution >= 0.6 is 0 Å². The SMILES string of the molecule is COC(=O)c1c(Cc2nc(-c3cccc(NC(=O)NC(C)C)c3)no2)[nH]c(C(C)=O)c1C. The highest BCUT2D eigenvalue weighted by atomic mass is 16.5.